The van der Waals surface area contributed by atoms with Crippen molar-refractivity contribution in [1.29, 1.82) is 0 Å². The molecular formula is C30H40N2O3. The molecule has 2 heterocycles. The monoisotopic (exact) mass is 476 g/mol. The number of benzene rings is 2. The van der Waals surface area contributed by atoms with Crippen LogP contribution in [0.4, 0.5) is 0 Å². The fourth-order valence-electron chi connectivity index (χ4n) is 5.68. The Morgan fingerprint density at radius 1 is 0.943 bits per heavy atom. The zero-order chi connectivity index (χ0) is 23.9. The van der Waals surface area contributed by atoms with Crippen molar-refractivity contribution >= 4 is 5.91 Å². The summed E-state index contributed by atoms with van der Waals surface area (Å²) < 4.78 is 11.4. The number of likely N-dealkylation sites (tertiary alicyclic amines) is 1. The summed E-state index contributed by atoms with van der Waals surface area (Å²) in [6.07, 6.45) is 10.5. The molecule has 0 bridgehead atoms. The summed E-state index contributed by atoms with van der Waals surface area (Å²) >= 11 is 0. The molecule has 5 heteroatoms. The van der Waals surface area contributed by atoms with Crippen molar-refractivity contribution in [2.75, 3.05) is 32.9 Å². The van der Waals surface area contributed by atoms with E-state index in [0.717, 1.165) is 64.2 Å². The summed E-state index contributed by atoms with van der Waals surface area (Å²) in [5, 5.41) is 3.26. The molecule has 0 spiro atoms. The maximum absolute atomic E-state index is 12.9. The number of nitrogens with one attached hydrogen (secondary N) is 1. The molecule has 2 saturated heterocycles. The van der Waals surface area contributed by atoms with Crippen LogP contribution in [-0.4, -0.2) is 49.8 Å². The van der Waals surface area contributed by atoms with E-state index >= 15 is 0 Å². The SMILES string of the molecule is O=C(N[C@H]1CCc2cc(CN3CCCCCC3)ccc2C1)c1ccc(OCC2CCOCC2)cc1. The van der Waals surface area contributed by atoms with Gasteiger partial charge in [-0.2, -0.15) is 0 Å². The molecule has 2 aliphatic heterocycles. The van der Waals surface area contributed by atoms with Crippen LogP contribution in [0.15, 0.2) is 42.5 Å². The van der Waals surface area contributed by atoms with Crippen molar-refractivity contribution in [1.82, 2.24) is 10.2 Å². The standard InChI is InChI=1S/C30H40N2O3/c33-30(25-8-11-29(12-9-25)35-22-23-13-17-34-18-14-23)31-28-10-7-26-19-24(5-6-27(26)20-28)21-32-15-3-1-2-4-16-32/h5-6,8-9,11-12,19,23,28H,1-4,7,10,13-18,20-22H2,(H,31,33)/t28-/m0/s1. The lowest BCUT2D eigenvalue weighted by Crippen LogP contribution is -2.38. The van der Waals surface area contributed by atoms with Crippen LogP contribution in [-0.2, 0) is 24.1 Å². The van der Waals surface area contributed by atoms with Crippen LogP contribution in [0.5, 0.6) is 5.75 Å². The van der Waals surface area contributed by atoms with E-state index < -0.39 is 0 Å². The third-order valence-electron chi connectivity index (χ3n) is 7.88. The fourth-order valence-corrected chi connectivity index (χ4v) is 5.68. The molecule has 5 rings (SSSR count). The van der Waals surface area contributed by atoms with Gasteiger partial charge in [-0.3, -0.25) is 9.69 Å². The molecular weight excluding hydrogens is 436 g/mol. The van der Waals surface area contributed by atoms with Gasteiger partial charge in [0.15, 0.2) is 0 Å². The highest BCUT2D eigenvalue weighted by molar-refractivity contribution is 5.94. The van der Waals surface area contributed by atoms with Crippen LogP contribution >= 0.6 is 0 Å². The van der Waals surface area contributed by atoms with E-state index in [2.05, 4.69) is 28.4 Å². The van der Waals surface area contributed by atoms with Crippen LogP contribution < -0.4 is 10.1 Å². The molecule has 1 N–H and O–H groups in total. The molecule has 0 unspecified atom stereocenters. The Labute approximate surface area is 210 Å². The molecule has 1 atom stereocenters. The van der Waals surface area contributed by atoms with E-state index in [9.17, 15) is 4.79 Å². The Bertz CT molecular complexity index is 960. The van der Waals surface area contributed by atoms with Crippen molar-refractivity contribution in [2.45, 2.75) is 70.4 Å². The maximum atomic E-state index is 12.9. The summed E-state index contributed by atoms with van der Waals surface area (Å²) in [4.78, 5) is 15.5. The Morgan fingerprint density at radius 3 is 2.49 bits per heavy atom. The van der Waals surface area contributed by atoms with E-state index in [1.165, 1.54) is 55.5 Å². The summed E-state index contributed by atoms with van der Waals surface area (Å²) in [5.41, 5.74) is 4.99. The quantitative estimate of drug-likeness (QED) is 0.600. The number of carbonyl (C=O) groups excluding carboxylic acids is 1. The molecule has 0 aromatic heterocycles. The first-order chi connectivity index (χ1) is 17.2. The smallest absolute Gasteiger partial charge is 0.251 e. The number of hydrogen-bond acceptors (Lipinski definition) is 4. The second-order valence-corrected chi connectivity index (χ2v) is 10.6. The van der Waals surface area contributed by atoms with Gasteiger partial charge in [-0.1, -0.05) is 31.0 Å². The number of hydrogen-bond donors (Lipinski definition) is 1. The largest absolute Gasteiger partial charge is 0.493 e. The molecule has 35 heavy (non-hydrogen) atoms. The van der Waals surface area contributed by atoms with Crippen molar-refractivity contribution < 1.29 is 14.3 Å². The van der Waals surface area contributed by atoms with Gasteiger partial charge in [0.1, 0.15) is 5.75 Å². The van der Waals surface area contributed by atoms with Gasteiger partial charge in [-0.25, -0.2) is 0 Å². The molecule has 1 amide bonds. The Morgan fingerprint density at radius 2 is 1.71 bits per heavy atom. The minimum Gasteiger partial charge on any atom is -0.493 e. The van der Waals surface area contributed by atoms with E-state index in [0.29, 0.717) is 11.5 Å². The summed E-state index contributed by atoms with van der Waals surface area (Å²) in [7, 11) is 0. The molecule has 3 aliphatic rings. The fraction of sp³-hybridized carbons (Fsp3) is 0.567. The first-order valence-electron chi connectivity index (χ1n) is 13.7. The van der Waals surface area contributed by atoms with Gasteiger partial charge in [0.25, 0.3) is 5.91 Å². The van der Waals surface area contributed by atoms with Gasteiger partial charge < -0.3 is 14.8 Å². The minimum absolute atomic E-state index is 0.00668. The molecule has 2 aromatic carbocycles. The number of fused-ring (bicyclic) bond motifs is 1. The summed E-state index contributed by atoms with van der Waals surface area (Å²) in [6.45, 7) is 5.91. The normalized spacial score (nSPS) is 21.7. The highest BCUT2D eigenvalue weighted by atomic mass is 16.5. The molecule has 1 aliphatic carbocycles. The lowest BCUT2D eigenvalue weighted by Gasteiger charge is -2.27. The van der Waals surface area contributed by atoms with Gasteiger partial charge >= 0.3 is 0 Å². The van der Waals surface area contributed by atoms with Crippen LogP contribution in [0, 0.1) is 5.92 Å². The summed E-state index contributed by atoms with van der Waals surface area (Å²) in [6, 6.07) is 14.8. The van der Waals surface area contributed by atoms with E-state index in [4.69, 9.17) is 9.47 Å². The van der Waals surface area contributed by atoms with Gasteiger partial charge in [0.2, 0.25) is 0 Å². The maximum Gasteiger partial charge on any atom is 0.251 e. The molecule has 0 radical (unpaired) electrons. The van der Waals surface area contributed by atoms with Crippen LogP contribution in [0.3, 0.4) is 0 Å². The zero-order valence-corrected chi connectivity index (χ0v) is 21.0. The average molecular weight is 477 g/mol. The van der Waals surface area contributed by atoms with Crippen LogP contribution in [0.25, 0.3) is 0 Å². The molecule has 5 nitrogen and oxygen atoms in total. The van der Waals surface area contributed by atoms with Crippen molar-refractivity contribution in [3.8, 4) is 5.75 Å². The van der Waals surface area contributed by atoms with Gasteiger partial charge in [-0.15, -0.1) is 0 Å². The number of nitrogens with zero attached hydrogens (tertiary/aromatic N) is 1. The third kappa shape index (κ3) is 6.86. The molecule has 2 fully saturated rings. The molecule has 2 aromatic rings. The molecule has 0 saturated carbocycles. The van der Waals surface area contributed by atoms with Gasteiger partial charge in [-0.05, 0) is 105 Å². The summed E-state index contributed by atoms with van der Waals surface area (Å²) in [5.74, 6) is 1.40. The Hall–Kier alpha value is -2.37. The Balaban J connectivity index is 1.10. The zero-order valence-electron chi connectivity index (χ0n) is 21.0. The van der Waals surface area contributed by atoms with Crippen molar-refractivity contribution in [3.63, 3.8) is 0 Å². The average Bonchev–Trinajstić information content (AvgIpc) is 3.17. The second kappa shape index (κ2) is 12.0. The highest BCUT2D eigenvalue weighted by Gasteiger charge is 2.22. The molecule has 188 valence electrons. The second-order valence-electron chi connectivity index (χ2n) is 10.6. The number of carbonyl (C=O) groups is 1. The first-order valence-corrected chi connectivity index (χ1v) is 13.7. The predicted molar refractivity (Wildman–Crippen MR) is 139 cm³/mol. The van der Waals surface area contributed by atoms with Gasteiger partial charge in [0.05, 0.1) is 6.61 Å². The highest BCUT2D eigenvalue weighted by Crippen LogP contribution is 2.25. The lowest BCUT2D eigenvalue weighted by atomic mass is 9.87. The minimum atomic E-state index is 0.00668. The van der Waals surface area contributed by atoms with Gasteiger partial charge in [0, 0.05) is 31.4 Å². The first kappa shape index (κ1) is 24.3. The van der Waals surface area contributed by atoms with Crippen LogP contribution in [0.2, 0.25) is 0 Å². The number of rotatable bonds is 7. The van der Waals surface area contributed by atoms with Crippen molar-refractivity contribution in [3.05, 3.63) is 64.7 Å². The van der Waals surface area contributed by atoms with E-state index in [-0.39, 0.29) is 11.9 Å². The Kier molecular flexibility index (Phi) is 8.37. The van der Waals surface area contributed by atoms with Crippen LogP contribution in [0.1, 0.15) is 72.0 Å². The third-order valence-corrected chi connectivity index (χ3v) is 7.88. The predicted octanol–water partition coefficient (Wildman–Crippen LogP) is 5.16. The number of amides is 1. The number of ether oxygens (including phenoxy) is 2. The van der Waals surface area contributed by atoms with E-state index in [1.807, 2.05) is 24.3 Å². The lowest BCUT2D eigenvalue weighted by molar-refractivity contribution is 0.0497. The topological polar surface area (TPSA) is 50.8 Å². The number of aryl methyl sites for hydroxylation is 1. The van der Waals surface area contributed by atoms with Crippen molar-refractivity contribution in [2.24, 2.45) is 5.92 Å². The van der Waals surface area contributed by atoms with E-state index in [1.54, 1.807) is 0 Å².